The van der Waals surface area contributed by atoms with Crippen molar-refractivity contribution in [1.82, 2.24) is 5.32 Å². The molecule has 0 spiro atoms. The van der Waals surface area contributed by atoms with Gasteiger partial charge in [0.25, 0.3) is 0 Å². The fraction of sp³-hybridized carbons (Fsp3) is 0.714. The summed E-state index contributed by atoms with van der Waals surface area (Å²) in [5.74, 6) is -1.04. The standard InChI is InChI=1S/C7H14N2O3S/c1-4(7(11)12)9-6(10)5(8)2-3-13/h4-5,13H,2-3,8H2,1H3,(H,9,10)(H,11,12)/t4-,5-/m0/s1. The monoisotopic (exact) mass is 206 g/mol. The predicted molar refractivity (Wildman–Crippen MR) is 51.7 cm³/mol. The van der Waals surface area contributed by atoms with Crippen LogP contribution in [0.15, 0.2) is 0 Å². The van der Waals surface area contributed by atoms with E-state index in [0.29, 0.717) is 12.2 Å². The summed E-state index contributed by atoms with van der Waals surface area (Å²) >= 11 is 3.91. The summed E-state index contributed by atoms with van der Waals surface area (Å²) in [6.07, 6.45) is 0.432. The van der Waals surface area contributed by atoms with Crippen LogP contribution >= 0.6 is 12.6 Å². The maximum atomic E-state index is 11.1. The highest BCUT2D eigenvalue weighted by Gasteiger charge is 2.18. The van der Waals surface area contributed by atoms with Crippen LogP contribution in [0.1, 0.15) is 13.3 Å². The molecule has 0 aliphatic rings. The van der Waals surface area contributed by atoms with Crippen molar-refractivity contribution in [2.24, 2.45) is 5.73 Å². The number of nitrogens with one attached hydrogen (secondary N) is 1. The van der Waals surface area contributed by atoms with Gasteiger partial charge in [-0.2, -0.15) is 12.6 Å². The van der Waals surface area contributed by atoms with Crippen LogP contribution in [-0.4, -0.2) is 34.8 Å². The van der Waals surface area contributed by atoms with Crippen molar-refractivity contribution < 1.29 is 14.7 Å². The van der Waals surface area contributed by atoms with E-state index >= 15 is 0 Å². The second-order valence-electron chi connectivity index (χ2n) is 2.69. The number of hydrogen-bond acceptors (Lipinski definition) is 4. The van der Waals surface area contributed by atoms with Crippen LogP contribution in [0.5, 0.6) is 0 Å². The maximum Gasteiger partial charge on any atom is 0.325 e. The second-order valence-corrected chi connectivity index (χ2v) is 3.13. The molecule has 1 amide bonds. The molecule has 0 saturated carbocycles. The van der Waals surface area contributed by atoms with E-state index in [1.807, 2.05) is 0 Å². The number of carbonyl (C=O) groups is 2. The molecule has 0 rings (SSSR count). The molecule has 0 unspecified atom stereocenters. The minimum absolute atomic E-state index is 0.432. The van der Waals surface area contributed by atoms with Gasteiger partial charge in [-0.1, -0.05) is 0 Å². The second kappa shape index (κ2) is 5.82. The Hall–Kier alpha value is -0.750. The third kappa shape index (κ3) is 4.74. The third-order valence-corrected chi connectivity index (χ3v) is 1.76. The first-order valence-electron chi connectivity index (χ1n) is 3.88. The van der Waals surface area contributed by atoms with E-state index in [9.17, 15) is 9.59 Å². The number of carboxylic acid groups (broad SMARTS) is 1. The van der Waals surface area contributed by atoms with Gasteiger partial charge in [-0.3, -0.25) is 9.59 Å². The first-order valence-corrected chi connectivity index (χ1v) is 4.52. The van der Waals surface area contributed by atoms with E-state index < -0.39 is 24.0 Å². The molecular formula is C7H14N2O3S. The van der Waals surface area contributed by atoms with Crippen molar-refractivity contribution in [2.75, 3.05) is 5.75 Å². The molecule has 0 aromatic carbocycles. The number of amides is 1. The lowest BCUT2D eigenvalue weighted by molar-refractivity contribution is -0.141. The fourth-order valence-corrected chi connectivity index (χ4v) is 0.931. The van der Waals surface area contributed by atoms with E-state index in [2.05, 4.69) is 17.9 Å². The number of carbonyl (C=O) groups excluding carboxylic acids is 1. The Morgan fingerprint density at radius 3 is 2.54 bits per heavy atom. The number of carboxylic acids is 1. The summed E-state index contributed by atoms with van der Waals surface area (Å²) < 4.78 is 0. The van der Waals surface area contributed by atoms with Crippen LogP contribution < -0.4 is 11.1 Å². The Kier molecular flexibility index (Phi) is 5.48. The maximum absolute atomic E-state index is 11.1. The van der Waals surface area contributed by atoms with E-state index in [4.69, 9.17) is 10.8 Å². The Bertz CT molecular complexity index is 198. The zero-order valence-corrected chi connectivity index (χ0v) is 8.25. The third-order valence-electron chi connectivity index (χ3n) is 1.51. The minimum atomic E-state index is -1.08. The Balaban J connectivity index is 3.92. The molecule has 76 valence electrons. The molecule has 2 atom stereocenters. The molecule has 0 bridgehead atoms. The summed E-state index contributed by atoms with van der Waals surface area (Å²) in [4.78, 5) is 21.5. The first kappa shape index (κ1) is 12.2. The molecule has 13 heavy (non-hydrogen) atoms. The SMILES string of the molecule is C[C@H](NC(=O)[C@@H](N)CCS)C(=O)O. The van der Waals surface area contributed by atoms with Crippen LogP contribution in [0.4, 0.5) is 0 Å². The minimum Gasteiger partial charge on any atom is -0.480 e. The van der Waals surface area contributed by atoms with E-state index in [1.165, 1.54) is 6.92 Å². The topological polar surface area (TPSA) is 92.4 Å². The lowest BCUT2D eigenvalue weighted by Crippen LogP contribution is -2.47. The summed E-state index contributed by atoms with van der Waals surface area (Å²) in [5.41, 5.74) is 5.42. The summed E-state index contributed by atoms with van der Waals surface area (Å²) in [6.45, 7) is 1.38. The Labute approximate surface area is 82.1 Å². The van der Waals surface area contributed by atoms with Gasteiger partial charge in [0.2, 0.25) is 5.91 Å². The quantitative estimate of drug-likeness (QED) is 0.444. The van der Waals surface area contributed by atoms with Crippen molar-refractivity contribution in [3.05, 3.63) is 0 Å². The highest BCUT2D eigenvalue weighted by molar-refractivity contribution is 7.80. The van der Waals surface area contributed by atoms with Crippen LogP contribution in [0.25, 0.3) is 0 Å². The highest BCUT2D eigenvalue weighted by atomic mass is 32.1. The molecule has 0 radical (unpaired) electrons. The average Bonchev–Trinajstić information content (AvgIpc) is 2.04. The van der Waals surface area contributed by atoms with Crippen molar-refractivity contribution in [3.8, 4) is 0 Å². The average molecular weight is 206 g/mol. The predicted octanol–water partition coefficient (Wildman–Crippen LogP) is -0.777. The molecular weight excluding hydrogens is 192 g/mol. The molecule has 0 aliphatic carbocycles. The van der Waals surface area contributed by atoms with Gasteiger partial charge in [-0.25, -0.2) is 0 Å². The summed E-state index contributed by atoms with van der Waals surface area (Å²) in [5, 5.41) is 10.7. The van der Waals surface area contributed by atoms with E-state index in [1.54, 1.807) is 0 Å². The van der Waals surface area contributed by atoms with Gasteiger partial charge in [0.1, 0.15) is 6.04 Å². The van der Waals surface area contributed by atoms with Gasteiger partial charge in [0.05, 0.1) is 6.04 Å². The first-order chi connectivity index (χ1) is 5.99. The molecule has 0 aliphatic heterocycles. The number of nitrogens with two attached hydrogens (primary N) is 1. The fourth-order valence-electron chi connectivity index (χ4n) is 0.652. The lowest BCUT2D eigenvalue weighted by Gasteiger charge is -2.13. The molecule has 6 heteroatoms. The molecule has 0 fully saturated rings. The normalized spacial score (nSPS) is 14.7. The summed E-state index contributed by atoms with van der Waals surface area (Å²) in [6, 6.07) is -1.59. The van der Waals surface area contributed by atoms with Gasteiger partial charge in [0.15, 0.2) is 0 Å². The number of aliphatic carboxylic acids is 1. The zero-order chi connectivity index (χ0) is 10.4. The van der Waals surface area contributed by atoms with Gasteiger partial charge < -0.3 is 16.2 Å². The van der Waals surface area contributed by atoms with Gasteiger partial charge in [-0.15, -0.1) is 0 Å². The van der Waals surface area contributed by atoms with Crippen LogP contribution in [0.2, 0.25) is 0 Å². The lowest BCUT2D eigenvalue weighted by atomic mass is 10.2. The van der Waals surface area contributed by atoms with E-state index in [0.717, 1.165) is 0 Å². The largest absolute Gasteiger partial charge is 0.480 e. The Morgan fingerprint density at radius 2 is 2.15 bits per heavy atom. The van der Waals surface area contributed by atoms with Crippen molar-refractivity contribution in [3.63, 3.8) is 0 Å². The van der Waals surface area contributed by atoms with Crippen LogP contribution in [-0.2, 0) is 9.59 Å². The molecule has 0 heterocycles. The number of hydrogen-bond donors (Lipinski definition) is 4. The van der Waals surface area contributed by atoms with Gasteiger partial charge in [-0.05, 0) is 19.1 Å². The van der Waals surface area contributed by atoms with Crippen molar-refractivity contribution in [1.29, 1.82) is 0 Å². The Morgan fingerprint density at radius 1 is 1.62 bits per heavy atom. The highest BCUT2D eigenvalue weighted by Crippen LogP contribution is 1.92. The molecule has 4 N–H and O–H groups in total. The number of thiol groups is 1. The van der Waals surface area contributed by atoms with Gasteiger partial charge >= 0.3 is 5.97 Å². The van der Waals surface area contributed by atoms with Crippen LogP contribution in [0, 0.1) is 0 Å². The molecule has 0 aromatic heterocycles. The zero-order valence-electron chi connectivity index (χ0n) is 7.36. The van der Waals surface area contributed by atoms with E-state index in [-0.39, 0.29) is 0 Å². The molecule has 0 saturated heterocycles. The van der Waals surface area contributed by atoms with Gasteiger partial charge in [0, 0.05) is 0 Å². The van der Waals surface area contributed by atoms with Crippen LogP contribution in [0.3, 0.4) is 0 Å². The smallest absolute Gasteiger partial charge is 0.325 e. The van der Waals surface area contributed by atoms with Crippen molar-refractivity contribution in [2.45, 2.75) is 25.4 Å². The number of rotatable bonds is 5. The molecule has 5 nitrogen and oxygen atoms in total. The van der Waals surface area contributed by atoms with Crippen molar-refractivity contribution >= 4 is 24.5 Å². The molecule has 0 aromatic rings. The summed E-state index contributed by atoms with van der Waals surface area (Å²) in [7, 11) is 0.